The molecule has 4 atom stereocenters. The number of carboxylic acids is 2. The highest BCUT2D eigenvalue weighted by molar-refractivity contribution is 6.43. The Bertz CT molecular complexity index is 1880. The topological polar surface area (TPSA) is 392 Å². The third-order valence-electron chi connectivity index (χ3n) is 11.5. The van der Waals surface area contributed by atoms with E-state index < -0.39 is 72.7 Å². The average molecular weight is 976 g/mol. The van der Waals surface area contributed by atoms with Crippen molar-refractivity contribution in [2.24, 2.45) is 22.2 Å². The summed E-state index contributed by atoms with van der Waals surface area (Å²) in [5.41, 5.74) is 17.3. The van der Waals surface area contributed by atoms with Crippen LogP contribution in [-0.4, -0.2) is 233 Å². The summed E-state index contributed by atoms with van der Waals surface area (Å²) in [6, 6.07) is 4.38. The van der Waals surface area contributed by atoms with Gasteiger partial charge in [0.1, 0.15) is 12.1 Å². The first-order valence-electron chi connectivity index (χ1n) is 23.0. The molecule has 0 aliphatic carbocycles. The van der Waals surface area contributed by atoms with Gasteiger partial charge in [-0.25, -0.2) is 0 Å². The molecule has 69 heavy (non-hydrogen) atoms. The molecule has 0 radical (unpaired) electrons. The predicted molar refractivity (Wildman–Crippen MR) is 250 cm³/mol. The van der Waals surface area contributed by atoms with Crippen LogP contribution in [0.15, 0.2) is 29.3 Å². The fourth-order valence-corrected chi connectivity index (χ4v) is 7.81. The van der Waals surface area contributed by atoms with Crippen molar-refractivity contribution in [3.05, 3.63) is 35.4 Å². The van der Waals surface area contributed by atoms with E-state index in [1.54, 1.807) is 31.7 Å². The number of hydrogen-bond donors (Lipinski definition) is 12. The number of β-amino-alcohol motifs (C(OH)–C–C–N with tert-alkyl or cyclic N) is 1. The number of primary amides is 1. The number of carbonyl (C=O) groups is 8. The standard InChI is InChI=1S/C42H70BN13O13/c1-28(41(67)56-23-31(57)21-33(56)43(68)69)50-39(65)30-9-7-29(8-10-30)22-49-35(59)6-2-3-11-47-40(66)32(5-4-12-48-42(45)46)51-36(60)25-53-15-19-54(26-37(61)62)17-13-52(24-34(44)58)14-18-55(20-16-53)27-38(63)64/h7-10,28,31-33,57,68-69H,2-6,11-27H2,1H3,(H2,44,58)(H,47,66)(H,49,59)(H,50,65)(H,51,60)(H,61,62)(H,63,64)(H4,45,46,48)/t28-,31+,32+,33+/m1/s1. The van der Waals surface area contributed by atoms with Gasteiger partial charge in [-0.05, 0) is 56.7 Å². The predicted octanol–water partition coefficient (Wildman–Crippen LogP) is -5.90. The summed E-state index contributed by atoms with van der Waals surface area (Å²) in [5.74, 6) is -6.13. The summed E-state index contributed by atoms with van der Waals surface area (Å²) in [4.78, 5) is 112. The quantitative estimate of drug-likeness (QED) is 0.0188. The first-order valence-corrected chi connectivity index (χ1v) is 23.0. The molecule has 26 nitrogen and oxygen atoms in total. The molecule has 0 aromatic heterocycles. The fourth-order valence-electron chi connectivity index (χ4n) is 7.81. The number of nitrogens with one attached hydrogen (secondary N) is 4. The molecule has 2 heterocycles. The fraction of sp³-hybridized carbons (Fsp3) is 0.643. The van der Waals surface area contributed by atoms with Crippen LogP contribution in [0.3, 0.4) is 0 Å². The summed E-state index contributed by atoms with van der Waals surface area (Å²) in [7, 11) is -1.84. The van der Waals surface area contributed by atoms with Crippen molar-refractivity contribution >= 4 is 60.5 Å². The molecule has 3 rings (SSSR count). The number of benzene rings is 1. The summed E-state index contributed by atoms with van der Waals surface area (Å²) in [5, 5.41) is 59.2. The first kappa shape index (κ1) is 57.4. The number of guanidine groups is 1. The molecule has 2 saturated heterocycles. The van der Waals surface area contributed by atoms with Gasteiger partial charge in [0.2, 0.25) is 29.5 Å². The maximum atomic E-state index is 13.5. The molecule has 27 heteroatoms. The Balaban J connectivity index is 1.50. The average Bonchev–Trinajstić information content (AvgIpc) is 3.68. The van der Waals surface area contributed by atoms with Gasteiger partial charge in [-0.15, -0.1) is 0 Å². The molecular formula is C42H70BN13O13. The highest BCUT2D eigenvalue weighted by Gasteiger charge is 2.42. The number of nitrogens with two attached hydrogens (primary N) is 3. The van der Waals surface area contributed by atoms with Gasteiger partial charge in [0, 0.05) is 90.5 Å². The molecule has 2 aliphatic rings. The second-order valence-corrected chi connectivity index (χ2v) is 17.2. The van der Waals surface area contributed by atoms with Crippen LogP contribution < -0.4 is 38.5 Å². The second-order valence-electron chi connectivity index (χ2n) is 17.2. The van der Waals surface area contributed by atoms with Crippen molar-refractivity contribution in [2.75, 3.05) is 98.2 Å². The molecule has 0 unspecified atom stereocenters. The molecule has 2 fully saturated rings. The number of likely N-dealkylation sites (tertiary alicyclic amines) is 1. The monoisotopic (exact) mass is 976 g/mol. The van der Waals surface area contributed by atoms with Crippen LogP contribution in [0.4, 0.5) is 0 Å². The number of hydrogen-bond acceptors (Lipinski definition) is 16. The van der Waals surface area contributed by atoms with Gasteiger partial charge < -0.3 is 68.7 Å². The van der Waals surface area contributed by atoms with Gasteiger partial charge in [0.15, 0.2) is 5.96 Å². The molecule has 384 valence electrons. The van der Waals surface area contributed by atoms with Crippen LogP contribution in [0.2, 0.25) is 0 Å². The number of aliphatic imine (C=N–C) groups is 1. The van der Waals surface area contributed by atoms with Crippen molar-refractivity contribution in [1.82, 2.24) is 45.8 Å². The summed E-state index contributed by atoms with van der Waals surface area (Å²) in [6.07, 6.45) is 0.639. The van der Waals surface area contributed by atoms with E-state index in [1.165, 1.54) is 19.1 Å². The zero-order valence-corrected chi connectivity index (χ0v) is 39.2. The zero-order chi connectivity index (χ0) is 51.0. The van der Waals surface area contributed by atoms with Crippen molar-refractivity contribution in [3.63, 3.8) is 0 Å². The Morgan fingerprint density at radius 1 is 0.739 bits per heavy atom. The second kappa shape index (κ2) is 29.8. The summed E-state index contributed by atoms with van der Waals surface area (Å²) >= 11 is 0. The third-order valence-corrected chi connectivity index (χ3v) is 11.5. The van der Waals surface area contributed by atoms with Gasteiger partial charge >= 0.3 is 19.1 Å². The molecule has 6 amide bonds. The van der Waals surface area contributed by atoms with E-state index in [9.17, 15) is 63.7 Å². The number of amides is 6. The lowest BCUT2D eigenvalue weighted by Crippen LogP contribution is -2.52. The van der Waals surface area contributed by atoms with E-state index in [0.717, 1.165) is 4.90 Å². The number of aliphatic hydroxyl groups excluding tert-OH is 1. The lowest BCUT2D eigenvalue weighted by molar-refractivity contribution is -0.139. The van der Waals surface area contributed by atoms with E-state index in [2.05, 4.69) is 26.3 Å². The number of unbranched alkanes of at least 4 members (excludes halogenated alkanes) is 1. The van der Waals surface area contributed by atoms with Crippen molar-refractivity contribution in [3.8, 4) is 0 Å². The maximum Gasteiger partial charge on any atom is 0.475 e. The van der Waals surface area contributed by atoms with Crippen LogP contribution in [-0.2, 0) is 40.1 Å². The van der Waals surface area contributed by atoms with Gasteiger partial charge in [-0.3, -0.25) is 62.9 Å². The van der Waals surface area contributed by atoms with E-state index in [0.29, 0.717) is 37.9 Å². The van der Waals surface area contributed by atoms with Crippen LogP contribution >= 0.6 is 0 Å². The normalized spacial score (nSPS) is 18.6. The minimum absolute atomic E-state index is 0.00393. The summed E-state index contributed by atoms with van der Waals surface area (Å²) in [6.45, 7) is 3.15. The van der Waals surface area contributed by atoms with Crippen LogP contribution in [0.1, 0.15) is 61.4 Å². The number of aliphatic hydroxyl groups is 1. The lowest BCUT2D eigenvalue weighted by atomic mass is 9.77. The Hall–Kier alpha value is -5.97. The Morgan fingerprint density at radius 2 is 1.29 bits per heavy atom. The first-order chi connectivity index (χ1) is 32.7. The Labute approximate surface area is 401 Å². The number of rotatable bonds is 25. The van der Waals surface area contributed by atoms with Gasteiger partial charge in [-0.1, -0.05) is 12.1 Å². The molecule has 1 aromatic carbocycles. The summed E-state index contributed by atoms with van der Waals surface area (Å²) < 4.78 is 0. The SMILES string of the molecule is C[C@@H](NC(=O)c1ccc(CNC(=O)CCCCNC(=O)[C@H](CCCN=C(N)N)NC(=O)CN2CCN(CC(=O)O)CCN(CC(N)=O)CCN(CC(=O)O)CC2)cc1)C(=O)N1C[C@@H](O)C[C@H]1B(O)O. The van der Waals surface area contributed by atoms with Crippen molar-refractivity contribution < 1.29 is 63.7 Å². The molecule has 1 aromatic rings. The van der Waals surface area contributed by atoms with Gasteiger partial charge in [-0.2, -0.15) is 0 Å². The number of nitrogens with zero attached hydrogens (tertiary/aromatic N) is 6. The molecule has 15 N–H and O–H groups in total. The van der Waals surface area contributed by atoms with E-state index in [4.69, 9.17) is 17.2 Å². The van der Waals surface area contributed by atoms with Gasteiger partial charge in [0.25, 0.3) is 5.91 Å². The minimum atomic E-state index is -1.84. The van der Waals surface area contributed by atoms with Gasteiger partial charge in [0.05, 0.1) is 38.2 Å². The van der Waals surface area contributed by atoms with E-state index in [1.807, 2.05) is 0 Å². The van der Waals surface area contributed by atoms with Crippen molar-refractivity contribution in [1.29, 1.82) is 0 Å². The molecular weight excluding hydrogens is 905 g/mol. The highest BCUT2D eigenvalue weighted by atomic mass is 16.4. The van der Waals surface area contributed by atoms with Crippen LogP contribution in [0, 0.1) is 0 Å². The minimum Gasteiger partial charge on any atom is -0.480 e. The smallest absolute Gasteiger partial charge is 0.475 e. The molecule has 0 spiro atoms. The van der Waals surface area contributed by atoms with Crippen molar-refractivity contribution in [2.45, 2.75) is 76.1 Å². The number of aliphatic carboxylic acids is 2. The van der Waals surface area contributed by atoms with E-state index >= 15 is 0 Å². The maximum absolute atomic E-state index is 13.5. The molecule has 0 saturated carbocycles. The number of carboxylic acid groups (broad SMARTS) is 2. The Morgan fingerprint density at radius 3 is 1.81 bits per heavy atom. The zero-order valence-electron chi connectivity index (χ0n) is 39.2. The molecule has 2 aliphatic heterocycles. The highest BCUT2D eigenvalue weighted by Crippen LogP contribution is 2.20. The van der Waals surface area contributed by atoms with E-state index in [-0.39, 0.29) is 128 Å². The number of carbonyl (C=O) groups excluding carboxylic acids is 6. The Kier molecular flexibility index (Phi) is 24.8. The molecule has 0 bridgehead atoms. The lowest BCUT2D eigenvalue weighted by Gasteiger charge is -2.33. The van der Waals surface area contributed by atoms with Crippen LogP contribution in [0.25, 0.3) is 0 Å². The van der Waals surface area contributed by atoms with Crippen LogP contribution in [0.5, 0.6) is 0 Å². The third kappa shape index (κ3) is 22.3. The largest absolute Gasteiger partial charge is 0.480 e.